The first-order chi connectivity index (χ1) is 12.2. The minimum atomic E-state index is -2.40. The van der Waals surface area contributed by atoms with Gasteiger partial charge in [-0.25, -0.2) is 0 Å². The zero-order valence-electron chi connectivity index (χ0n) is 19.5. The lowest BCUT2D eigenvalue weighted by Gasteiger charge is -2.43. The molecule has 0 aromatic carbocycles. The third-order valence-corrected chi connectivity index (χ3v) is 26.3. The molecule has 0 radical (unpaired) electrons. The summed E-state index contributed by atoms with van der Waals surface area (Å²) in [6.07, 6.45) is 0. The Balaban J connectivity index is 5.29. The quantitative estimate of drug-likeness (QED) is 0.272. The van der Waals surface area contributed by atoms with Crippen molar-refractivity contribution in [2.75, 3.05) is 0 Å². The number of rotatable bonds is 14. The Hall–Kier alpha value is 0.404. The predicted molar refractivity (Wildman–Crippen MR) is 131 cm³/mol. The van der Waals surface area contributed by atoms with Crippen LogP contribution in [0.3, 0.4) is 0 Å². The summed E-state index contributed by atoms with van der Waals surface area (Å²) in [6.45, 7) is 29.7. The smallest absolute Gasteiger partial charge is 0.314 e. The van der Waals surface area contributed by atoms with E-state index in [1.807, 2.05) is 0 Å². The van der Waals surface area contributed by atoms with Crippen LogP contribution in [-0.4, -0.2) is 42.3 Å². The van der Waals surface area contributed by atoms with E-state index in [-0.39, 0.29) is 0 Å². The van der Waals surface area contributed by atoms with Gasteiger partial charge in [0, 0.05) is 0 Å². The summed E-state index contributed by atoms with van der Waals surface area (Å²) in [5.41, 5.74) is 4.13. The third-order valence-electron chi connectivity index (χ3n) is 5.02. The lowest BCUT2D eigenvalue weighted by Crippen LogP contribution is -2.59. The van der Waals surface area contributed by atoms with Gasteiger partial charge in [-0.1, -0.05) is 39.1 Å². The van der Waals surface area contributed by atoms with Gasteiger partial charge in [-0.15, -0.1) is 13.2 Å². The van der Waals surface area contributed by atoms with Crippen LogP contribution < -0.4 is 0 Å². The molecule has 0 amide bonds. The zero-order chi connectivity index (χ0) is 21.6. The maximum absolute atomic E-state index is 6.65. The van der Waals surface area contributed by atoms with E-state index in [4.69, 9.17) is 16.5 Å². The minimum absolute atomic E-state index is 1.03. The monoisotopic (exact) mass is 464 g/mol. The van der Waals surface area contributed by atoms with Crippen LogP contribution in [0, 0.1) is 0 Å². The second kappa shape index (κ2) is 10.4. The highest BCUT2D eigenvalue weighted by molar-refractivity contribution is 6.92. The van der Waals surface area contributed by atoms with E-state index in [0.29, 0.717) is 0 Å². The molecule has 0 unspecified atom stereocenters. The Morgan fingerprint density at radius 3 is 0.926 bits per heavy atom. The normalized spacial score (nSPS) is 14.3. The van der Waals surface area contributed by atoms with Crippen molar-refractivity contribution in [1.29, 1.82) is 0 Å². The van der Waals surface area contributed by atoms with Crippen molar-refractivity contribution in [2.24, 2.45) is 0 Å². The Bertz CT molecular complexity index is 444. The standard InChI is InChI=1S/C18H44O4Si5/c1-13-26(14-2,15-3)21-24(9,10)19-23(7,8)20-25(11,12)22-27(16-4,17-5)18-6/h13,16H,1,4,14-15,17-18H2,2-3,5-12H3. The summed E-state index contributed by atoms with van der Waals surface area (Å²) in [6, 6.07) is 4.11. The first-order valence-electron chi connectivity index (χ1n) is 10.3. The molecule has 0 saturated carbocycles. The topological polar surface area (TPSA) is 36.9 Å². The summed E-state index contributed by atoms with van der Waals surface area (Å²) < 4.78 is 26.5. The molecule has 0 N–H and O–H groups in total. The molecule has 0 rings (SSSR count). The molecule has 0 aliphatic heterocycles. The fourth-order valence-corrected chi connectivity index (χ4v) is 27.7. The van der Waals surface area contributed by atoms with Gasteiger partial charge in [-0.3, -0.25) is 0 Å². The summed E-state index contributed by atoms with van der Waals surface area (Å²) in [5.74, 6) is 0. The maximum atomic E-state index is 6.65. The second-order valence-electron chi connectivity index (χ2n) is 8.56. The van der Waals surface area contributed by atoms with Gasteiger partial charge in [-0.2, -0.15) is 0 Å². The van der Waals surface area contributed by atoms with E-state index in [1.54, 1.807) is 0 Å². The summed E-state index contributed by atoms with van der Waals surface area (Å²) >= 11 is 0. The molecule has 0 spiro atoms. The minimum Gasteiger partial charge on any atom is -0.433 e. The van der Waals surface area contributed by atoms with Gasteiger partial charge < -0.3 is 16.5 Å². The van der Waals surface area contributed by atoms with Crippen LogP contribution in [0.4, 0.5) is 0 Å². The molecule has 0 atom stereocenters. The SMILES string of the molecule is C=C[Si](CC)(CC)O[Si](C)(C)O[Si](C)(C)O[Si](C)(C)O[Si](C=C)(CC)CC. The highest BCUT2D eigenvalue weighted by Gasteiger charge is 2.46. The van der Waals surface area contributed by atoms with Gasteiger partial charge >= 0.3 is 25.7 Å². The van der Waals surface area contributed by atoms with Gasteiger partial charge in [0.2, 0.25) is 16.6 Å². The third kappa shape index (κ3) is 8.75. The van der Waals surface area contributed by atoms with E-state index in [9.17, 15) is 0 Å². The van der Waals surface area contributed by atoms with Crippen LogP contribution in [0.1, 0.15) is 27.7 Å². The highest BCUT2D eigenvalue weighted by atomic mass is 28.5. The molecule has 9 heteroatoms. The number of hydrogen-bond donors (Lipinski definition) is 0. The van der Waals surface area contributed by atoms with Crippen LogP contribution in [0.15, 0.2) is 24.6 Å². The van der Waals surface area contributed by atoms with Crippen LogP contribution >= 0.6 is 0 Å². The molecule has 0 aromatic heterocycles. The summed E-state index contributed by atoms with van der Waals surface area (Å²) in [4.78, 5) is 0. The largest absolute Gasteiger partial charge is 0.433 e. The molecule has 0 bridgehead atoms. The van der Waals surface area contributed by atoms with Crippen LogP contribution in [0.2, 0.25) is 63.5 Å². The molecular weight excluding hydrogens is 421 g/mol. The van der Waals surface area contributed by atoms with Crippen molar-refractivity contribution in [2.45, 2.75) is 91.2 Å². The van der Waals surface area contributed by atoms with E-state index >= 15 is 0 Å². The molecule has 0 aliphatic carbocycles. The van der Waals surface area contributed by atoms with Crippen molar-refractivity contribution in [3.63, 3.8) is 0 Å². The van der Waals surface area contributed by atoms with Crippen molar-refractivity contribution >= 4 is 42.3 Å². The van der Waals surface area contributed by atoms with E-state index in [1.165, 1.54) is 0 Å². The van der Waals surface area contributed by atoms with Gasteiger partial charge in [0.15, 0.2) is 0 Å². The molecule has 0 fully saturated rings. The first kappa shape index (κ1) is 27.4. The Morgan fingerprint density at radius 2 is 0.741 bits per heavy atom. The molecule has 27 heavy (non-hydrogen) atoms. The molecule has 160 valence electrons. The maximum Gasteiger partial charge on any atom is 0.314 e. The summed E-state index contributed by atoms with van der Waals surface area (Å²) in [7, 11) is -10.9. The lowest BCUT2D eigenvalue weighted by molar-refractivity contribution is 0.298. The predicted octanol–water partition coefficient (Wildman–Crippen LogP) is 6.58. The number of hydrogen-bond acceptors (Lipinski definition) is 4. The first-order valence-corrected chi connectivity index (χ1v) is 23.5. The zero-order valence-corrected chi connectivity index (χ0v) is 24.5. The van der Waals surface area contributed by atoms with E-state index in [2.05, 4.69) is 91.5 Å². The van der Waals surface area contributed by atoms with Gasteiger partial charge in [0.05, 0.1) is 0 Å². The average molecular weight is 465 g/mol. The Kier molecular flexibility index (Phi) is 10.6. The Labute approximate surface area is 174 Å². The average Bonchev–Trinajstić information content (AvgIpc) is 2.55. The van der Waals surface area contributed by atoms with Gasteiger partial charge in [-0.05, 0) is 63.5 Å². The van der Waals surface area contributed by atoms with Crippen molar-refractivity contribution < 1.29 is 16.5 Å². The van der Waals surface area contributed by atoms with Crippen molar-refractivity contribution in [3.05, 3.63) is 24.6 Å². The molecule has 0 aliphatic rings. The second-order valence-corrected chi connectivity index (χ2v) is 28.1. The molecular formula is C18H44O4Si5. The Morgan fingerprint density at radius 1 is 0.519 bits per heavy atom. The molecule has 0 heterocycles. The van der Waals surface area contributed by atoms with Crippen LogP contribution in [0.25, 0.3) is 0 Å². The van der Waals surface area contributed by atoms with Crippen LogP contribution in [0.5, 0.6) is 0 Å². The van der Waals surface area contributed by atoms with Crippen molar-refractivity contribution in [3.8, 4) is 0 Å². The fraction of sp³-hybridized carbons (Fsp3) is 0.778. The van der Waals surface area contributed by atoms with Gasteiger partial charge in [0.25, 0.3) is 0 Å². The van der Waals surface area contributed by atoms with Crippen LogP contribution in [-0.2, 0) is 16.5 Å². The molecule has 0 saturated heterocycles. The molecule has 4 nitrogen and oxygen atoms in total. The highest BCUT2D eigenvalue weighted by Crippen LogP contribution is 2.30. The molecule has 0 aromatic rings. The van der Waals surface area contributed by atoms with Gasteiger partial charge in [0.1, 0.15) is 0 Å². The van der Waals surface area contributed by atoms with Crippen molar-refractivity contribution in [1.82, 2.24) is 0 Å². The fourth-order valence-electron chi connectivity index (χ4n) is 3.67. The van der Waals surface area contributed by atoms with E-state index < -0.39 is 42.3 Å². The summed E-state index contributed by atoms with van der Waals surface area (Å²) in [5, 5.41) is 0. The lowest BCUT2D eigenvalue weighted by atomic mass is 10.9. The van der Waals surface area contributed by atoms with E-state index in [0.717, 1.165) is 24.2 Å².